The topological polar surface area (TPSA) is 48.0 Å². The summed E-state index contributed by atoms with van der Waals surface area (Å²) in [6.07, 6.45) is 6.82. The van der Waals surface area contributed by atoms with E-state index in [2.05, 4.69) is 30.9 Å². The summed E-state index contributed by atoms with van der Waals surface area (Å²) < 4.78 is 16.8. The quantitative estimate of drug-likeness (QED) is 0.579. The van der Waals surface area contributed by atoms with Crippen LogP contribution in [0, 0.1) is 17.3 Å². The Bertz CT molecular complexity index is 546. The molecule has 0 N–H and O–H groups in total. The van der Waals surface area contributed by atoms with Crippen molar-refractivity contribution in [2.45, 2.75) is 64.8 Å². The van der Waals surface area contributed by atoms with Crippen LogP contribution in [-0.4, -0.2) is 55.6 Å². The SMILES string of the molecule is COC1CC=C[C@@]1(C)C#CCOC1CCN(C(=O)OC(C)(C)C)CC1. The third-order valence-corrected chi connectivity index (χ3v) is 4.61. The van der Waals surface area contributed by atoms with E-state index in [9.17, 15) is 4.79 Å². The van der Waals surface area contributed by atoms with Gasteiger partial charge in [0.05, 0.1) is 17.6 Å². The Morgan fingerprint density at radius 1 is 1.32 bits per heavy atom. The Balaban J connectivity index is 1.72. The highest BCUT2D eigenvalue weighted by Gasteiger charge is 2.33. The molecular formula is C20H31NO4. The van der Waals surface area contributed by atoms with E-state index < -0.39 is 5.60 Å². The number of hydrogen-bond acceptors (Lipinski definition) is 4. The van der Waals surface area contributed by atoms with Gasteiger partial charge in [0.25, 0.3) is 0 Å². The Hall–Kier alpha value is -1.51. The summed E-state index contributed by atoms with van der Waals surface area (Å²) in [5.41, 5.74) is -0.678. The van der Waals surface area contributed by atoms with Crippen LogP contribution >= 0.6 is 0 Å². The molecule has 1 aliphatic carbocycles. The molecule has 0 aromatic carbocycles. The molecule has 5 heteroatoms. The van der Waals surface area contributed by atoms with Crippen molar-refractivity contribution in [1.29, 1.82) is 0 Å². The van der Waals surface area contributed by atoms with Crippen molar-refractivity contribution in [3.63, 3.8) is 0 Å². The molecule has 0 radical (unpaired) electrons. The first-order valence-corrected chi connectivity index (χ1v) is 9.03. The first-order valence-electron chi connectivity index (χ1n) is 9.03. The lowest BCUT2D eigenvalue weighted by Gasteiger charge is -2.33. The summed E-state index contributed by atoms with van der Waals surface area (Å²) in [6, 6.07) is 0. The molecule has 1 heterocycles. The fraction of sp³-hybridized carbons (Fsp3) is 0.750. The van der Waals surface area contributed by atoms with Crippen molar-refractivity contribution < 1.29 is 19.0 Å². The van der Waals surface area contributed by atoms with E-state index >= 15 is 0 Å². The number of carbonyl (C=O) groups excluding carboxylic acids is 1. The van der Waals surface area contributed by atoms with Crippen LogP contribution in [0.15, 0.2) is 12.2 Å². The lowest BCUT2D eigenvalue weighted by atomic mass is 9.88. The molecule has 1 saturated heterocycles. The summed E-state index contributed by atoms with van der Waals surface area (Å²) >= 11 is 0. The molecule has 0 bridgehead atoms. The van der Waals surface area contributed by atoms with Crippen LogP contribution in [0.1, 0.15) is 47.0 Å². The number of hydrogen-bond donors (Lipinski definition) is 0. The van der Waals surface area contributed by atoms with Gasteiger partial charge >= 0.3 is 6.09 Å². The smallest absolute Gasteiger partial charge is 0.410 e. The lowest BCUT2D eigenvalue weighted by Crippen LogP contribution is -2.43. The average molecular weight is 349 g/mol. The van der Waals surface area contributed by atoms with Crippen LogP contribution in [0.4, 0.5) is 4.79 Å². The molecule has 1 aliphatic heterocycles. The molecule has 0 spiro atoms. The zero-order valence-corrected chi connectivity index (χ0v) is 16.1. The molecule has 0 aromatic rings. The molecule has 2 aliphatic rings. The van der Waals surface area contributed by atoms with Gasteiger partial charge in [0.15, 0.2) is 0 Å². The standard InChI is InChI=1S/C20H31NO4/c1-19(2,3)25-18(22)21-13-9-16(10-14-21)24-15-7-12-20(4)11-6-8-17(20)23-5/h6,11,16-17H,8-10,13-15H2,1-5H3/t17?,20-/m0/s1. The summed E-state index contributed by atoms with van der Waals surface area (Å²) in [5.74, 6) is 6.42. The summed E-state index contributed by atoms with van der Waals surface area (Å²) in [4.78, 5) is 13.8. The van der Waals surface area contributed by atoms with Gasteiger partial charge in [-0.3, -0.25) is 0 Å². The molecule has 5 nitrogen and oxygen atoms in total. The molecule has 1 fully saturated rings. The number of rotatable bonds is 3. The minimum atomic E-state index is -0.453. The van der Waals surface area contributed by atoms with Crippen LogP contribution in [0.2, 0.25) is 0 Å². The van der Waals surface area contributed by atoms with Gasteiger partial charge in [0, 0.05) is 20.2 Å². The van der Waals surface area contributed by atoms with Gasteiger partial charge < -0.3 is 19.1 Å². The van der Waals surface area contributed by atoms with E-state index in [-0.39, 0.29) is 23.7 Å². The van der Waals surface area contributed by atoms with E-state index in [1.807, 2.05) is 20.8 Å². The normalized spacial score (nSPS) is 27.1. The molecule has 1 unspecified atom stereocenters. The second kappa shape index (κ2) is 8.25. The van der Waals surface area contributed by atoms with Crippen molar-refractivity contribution in [2.24, 2.45) is 5.41 Å². The maximum Gasteiger partial charge on any atom is 0.410 e. The number of ether oxygens (including phenoxy) is 3. The number of methoxy groups -OCH3 is 1. The zero-order valence-electron chi connectivity index (χ0n) is 16.1. The largest absolute Gasteiger partial charge is 0.444 e. The lowest BCUT2D eigenvalue weighted by molar-refractivity contribution is -0.00382. The van der Waals surface area contributed by atoms with E-state index in [1.54, 1.807) is 12.0 Å². The highest BCUT2D eigenvalue weighted by Crippen LogP contribution is 2.33. The number of amides is 1. The first kappa shape index (κ1) is 19.8. The van der Waals surface area contributed by atoms with Gasteiger partial charge in [-0.05, 0) is 47.0 Å². The molecule has 140 valence electrons. The van der Waals surface area contributed by atoms with Crippen molar-refractivity contribution in [3.8, 4) is 11.8 Å². The van der Waals surface area contributed by atoms with Gasteiger partial charge in [-0.15, -0.1) is 0 Å². The Kier molecular flexibility index (Phi) is 6.53. The number of likely N-dealkylation sites (tertiary alicyclic amines) is 1. The van der Waals surface area contributed by atoms with Crippen LogP contribution in [-0.2, 0) is 14.2 Å². The Labute approximate surface area is 151 Å². The monoisotopic (exact) mass is 349 g/mol. The molecule has 2 atom stereocenters. The van der Waals surface area contributed by atoms with E-state index in [0.717, 1.165) is 19.3 Å². The number of carbonyl (C=O) groups is 1. The molecule has 0 aromatic heterocycles. The third kappa shape index (κ3) is 5.76. The minimum absolute atomic E-state index is 0.122. The van der Waals surface area contributed by atoms with Gasteiger partial charge in [-0.1, -0.05) is 24.0 Å². The van der Waals surface area contributed by atoms with Crippen molar-refractivity contribution in [3.05, 3.63) is 12.2 Å². The second-order valence-electron chi connectivity index (χ2n) is 7.92. The third-order valence-electron chi connectivity index (χ3n) is 4.61. The molecule has 0 saturated carbocycles. The maximum absolute atomic E-state index is 12.0. The highest BCUT2D eigenvalue weighted by atomic mass is 16.6. The van der Waals surface area contributed by atoms with Gasteiger partial charge in [0.2, 0.25) is 0 Å². The zero-order chi connectivity index (χ0) is 18.5. The van der Waals surface area contributed by atoms with Gasteiger partial charge in [-0.25, -0.2) is 4.79 Å². The van der Waals surface area contributed by atoms with Crippen LogP contribution < -0.4 is 0 Å². The molecule has 1 amide bonds. The predicted octanol–water partition coefficient (Wildman–Crippen LogP) is 3.39. The van der Waals surface area contributed by atoms with Crippen molar-refractivity contribution >= 4 is 6.09 Å². The molecule has 25 heavy (non-hydrogen) atoms. The number of nitrogens with zero attached hydrogens (tertiary/aromatic N) is 1. The van der Waals surface area contributed by atoms with E-state index in [0.29, 0.717) is 19.7 Å². The van der Waals surface area contributed by atoms with Crippen LogP contribution in [0.25, 0.3) is 0 Å². The molecule has 2 rings (SSSR count). The summed E-state index contributed by atoms with van der Waals surface area (Å²) in [5, 5.41) is 0. The Morgan fingerprint density at radius 2 is 2.00 bits per heavy atom. The van der Waals surface area contributed by atoms with Crippen molar-refractivity contribution in [1.82, 2.24) is 4.90 Å². The Morgan fingerprint density at radius 3 is 2.60 bits per heavy atom. The van der Waals surface area contributed by atoms with E-state index in [4.69, 9.17) is 14.2 Å². The van der Waals surface area contributed by atoms with E-state index in [1.165, 1.54) is 0 Å². The molecular weight excluding hydrogens is 318 g/mol. The maximum atomic E-state index is 12.0. The minimum Gasteiger partial charge on any atom is -0.444 e. The fourth-order valence-electron chi connectivity index (χ4n) is 3.17. The first-order chi connectivity index (χ1) is 11.7. The van der Waals surface area contributed by atoms with Gasteiger partial charge in [0.1, 0.15) is 12.2 Å². The summed E-state index contributed by atoms with van der Waals surface area (Å²) in [6.45, 7) is 9.49. The highest BCUT2D eigenvalue weighted by molar-refractivity contribution is 5.68. The van der Waals surface area contributed by atoms with Crippen LogP contribution in [0.5, 0.6) is 0 Å². The number of piperidine rings is 1. The predicted molar refractivity (Wildman–Crippen MR) is 97.2 cm³/mol. The van der Waals surface area contributed by atoms with Gasteiger partial charge in [-0.2, -0.15) is 0 Å². The van der Waals surface area contributed by atoms with Crippen molar-refractivity contribution in [2.75, 3.05) is 26.8 Å². The fourth-order valence-corrected chi connectivity index (χ4v) is 3.17. The summed E-state index contributed by atoms with van der Waals surface area (Å²) in [7, 11) is 1.73. The average Bonchev–Trinajstić information content (AvgIpc) is 2.91. The second-order valence-corrected chi connectivity index (χ2v) is 7.92. The van der Waals surface area contributed by atoms with Crippen LogP contribution in [0.3, 0.4) is 0 Å².